The zero-order valence-electron chi connectivity index (χ0n) is 11.3. The molecular weight excluding hydrogens is 256 g/mol. The summed E-state index contributed by atoms with van der Waals surface area (Å²) in [5.74, 6) is 1.51. The Kier molecular flexibility index (Phi) is 3.70. The van der Waals surface area contributed by atoms with E-state index in [0.29, 0.717) is 5.92 Å². The average Bonchev–Trinajstić information content (AvgIpc) is 2.45. The molecule has 1 aromatic rings. The molecule has 1 saturated heterocycles. The van der Waals surface area contributed by atoms with E-state index in [1.165, 1.54) is 16.9 Å². The molecule has 2 nitrogen and oxygen atoms in total. The van der Waals surface area contributed by atoms with Crippen LogP contribution < -0.4 is 0 Å². The molecule has 3 atom stereocenters. The lowest BCUT2D eigenvalue weighted by atomic mass is 9.75. The lowest BCUT2D eigenvalue weighted by Crippen LogP contribution is -2.49. The fourth-order valence-electron chi connectivity index (χ4n) is 2.85. The van der Waals surface area contributed by atoms with Gasteiger partial charge in [-0.05, 0) is 49.8 Å². The van der Waals surface area contributed by atoms with Gasteiger partial charge in [-0.25, -0.2) is 9.78 Å². The van der Waals surface area contributed by atoms with Gasteiger partial charge >= 0.3 is 0 Å². The van der Waals surface area contributed by atoms with Crippen molar-refractivity contribution < 1.29 is 9.78 Å². The predicted molar refractivity (Wildman–Crippen MR) is 78.0 cm³/mol. The van der Waals surface area contributed by atoms with E-state index in [1.807, 2.05) is 17.8 Å². The van der Waals surface area contributed by atoms with Gasteiger partial charge in [-0.3, -0.25) is 0 Å². The van der Waals surface area contributed by atoms with E-state index < -0.39 is 0 Å². The van der Waals surface area contributed by atoms with Crippen molar-refractivity contribution in [2.45, 2.75) is 42.8 Å². The second-order valence-corrected chi connectivity index (χ2v) is 6.76. The van der Waals surface area contributed by atoms with E-state index >= 15 is 0 Å². The predicted octanol–water partition coefficient (Wildman–Crippen LogP) is 4.22. The smallest absolute Gasteiger partial charge is 0.114 e. The van der Waals surface area contributed by atoms with Crippen molar-refractivity contribution in [3.63, 3.8) is 0 Å². The number of hydrogen-bond acceptors (Lipinski definition) is 3. The Balaban J connectivity index is 1.65. The van der Waals surface area contributed by atoms with Crippen LogP contribution in [0, 0.1) is 5.92 Å². The highest BCUT2D eigenvalue weighted by atomic mass is 32.2. The number of benzene rings is 1. The molecule has 19 heavy (non-hydrogen) atoms. The summed E-state index contributed by atoms with van der Waals surface area (Å²) in [5.41, 5.74) is 1.01. The summed E-state index contributed by atoms with van der Waals surface area (Å²) in [7, 11) is 0. The molecule has 2 fully saturated rings. The number of rotatable bonds is 3. The Morgan fingerprint density at radius 2 is 2.16 bits per heavy atom. The zero-order valence-corrected chi connectivity index (χ0v) is 12.1. The van der Waals surface area contributed by atoms with Crippen LogP contribution in [-0.4, -0.2) is 17.5 Å². The molecule has 2 aliphatic rings. The van der Waals surface area contributed by atoms with E-state index in [0.717, 1.165) is 18.6 Å². The Labute approximate surface area is 119 Å². The van der Waals surface area contributed by atoms with Gasteiger partial charge in [0.25, 0.3) is 0 Å². The summed E-state index contributed by atoms with van der Waals surface area (Å²) in [6.45, 7) is 6.24. The maximum atomic E-state index is 5.74. The molecule has 0 spiro atoms. The number of fused-ring (bicyclic) bond motifs is 2. The van der Waals surface area contributed by atoms with Gasteiger partial charge in [0.05, 0.1) is 0 Å². The van der Waals surface area contributed by atoms with Crippen LogP contribution in [0.15, 0.2) is 47.4 Å². The summed E-state index contributed by atoms with van der Waals surface area (Å²) < 4.78 is 0. The van der Waals surface area contributed by atoms with E-state index in [9.17, 15) is 0 Å². The van der Waals surface area contributed by atoms with Crippen LogP contribution in [0.25, 0.3) is 0 Å². The van der Waals surface area contributed by atoms with E-state index in [2.05, 4.69) is 37.8 Å². The zero-order chi connectivity index (χ0) is 13.3. The largest absolute Gasteiger partial charge is 0.229 e. The van der Waals surface area contributed by atoms with Crippen molar-refractivity contribution in [1.29, 1.82) is 0 Å². The molecule has 1 aromatic carbocycles. The van der Waals surface area contributed by atoms with Gasteiger partial charge in [-0.2, -0.15) is 0 Å². The van der Waals surface area contributed by atoms with Crippen LogP contribution in [0.4, 0.5) is 0 Å². The fraction of sp³-hybridized carbons (Fsp3) is 0.500. The third kappa shape index (κ3) is 2.73. The first kappa shape index (κ1) is 13.2. The van der Waals surface area contributed by atoms with Crippen LogP contribution >= 0.6 is 11.8 Å². The Morgan fingerprint density at radius 1 is 1.37 bits per heavy atom. The number of hydrogen-bond donors (Lipinski definition) is 0. The van der Waals surface area contributed by atoms with E-state index in [-0.39, 0.29) is 11.7 Å². The van der Waals surface area contributed by atoms with Gasteiger partial charge in [0.1, 0.15) is 11.7 Å². The van der Waals surface area contributed by atoms with Crippen LogP contribution in [0.1, 0.15) is 26.2 Å². The molecule has 0 amide bonds. The Bertz CT molecular complexity index is 459. The minimum atomic E-state index is -0.183. The normalized spacial score (nSPS) is 34.3. The third-order valence-electron chi connectivity index (χ3n) is 4.25. The van der Waals surface area contributed by atoms with Gasteiger partial charge in [0.15, 0.2) is 0 Å². The summed E-state index contributed by atoms with van der Waals surface area (Å²) >= 11 is 1.84. The molecular formula is C16H20O2S. The molecule has 2 bridgehead atoms. The Hall–Kier alpha value is -0.770. The fourth-order valence-corrected chi connectivity index (χ4v) is 3.93. The average molecular weight is 276 g/mol. The van der Waals surface area contributed by atoms with E-state index in [4.69, 9.17) is 9.78 Å². The molecule has 0 unspecified atom stereocenters. The highest BCUT2D eigenvalue weighted by molar-refractivity contribution is 7.99. The first-order valence-electron chi connectivity index (χ1n) is 6.87. The van der Waals surface area contributed by atoms with Crippen molar-refractivity contribution in [2.75, 3.05) is 5.75 Å². The monoisotopic (exact) mass is 276 g/mol. The van der Waals surface area contributed by atoms with Gasteiger partial charge < -0.3 is 0 Å². The van der Waals surface area contributed by atoms with Crippen molar-refractivity contribution in [3.05, 3.63) is 42.5 Å². The third-order valence-corrected chi connectivity index (χ3v) is 5.58. The summed E-state index contributed by atoms with van der Waals surface area (Å²) in [6, 6.07) is 10.5. The summed E-state index contributed by atoms with van der Waals surface area (Å²) in [5, 5.41) is 0. The van der Waals surface area contributed by atoms with Crippen molar-refractivity contribution >= 4 is 11.8 Å². The molecule has 1 saturated carbocycles. The Morgan fingerprint density at radius 3 is 2.95 bits per heavy atom. The van der Waals surface area contributed by atoms with Gasteiger partial charge in [-0.1, -0.05) is 24.8 Å². The molecule has 0 N–H and O–H groups in total. The molecule has 1 aliphatic carbocycles. The first-order chi connectivity index (χ1) is 9.17. The quantitative estimate of drug-likeness (QED) is 0.468. The molecule has 1 aliphatic heterocycles. The molecule has 0 radical (unpaired) electrons. The van der Waals surface area contributed by atoms with Crippen LogP contribution in [0.2, 0.25) is 0 Å². The first-order valence-corrected chi connectivity index (χ1v) is 7.86. The maximum absolute atomic E-state index is 5.74. The minimum absolute atomic E-state index is 0.119. The second kappa shape index (κ2) is 5.31. The highest BCUT2D eigenvalue weighted by Crippen LogP contribution is 2.44. The standard InChI is InChI=1S/C16H20O2S/c1-12-8-9-13-10-15(12)17-18-16(13,2)11-19-14-6-4-3-5-7-14/h3-7,13,15H,1,8-11H2,2H3/t13-,15-,16-/m1/s1. The molecule has 3 heteroatoms. The highest BCUT2D eigenvalue weighted by Gasteiger charge is 2.45. The number of thioether (sulfide) groups is 1. The summed E-state index contributed by atoms with van der Waals surface area (Å²) in [4.78, 5) is 12.6. The lowest BCUT2D eigenvalue weighted by molar-refractivity contribution is -0.411. The second-order valence-electron chi connectivity index (χ2n) is 5.71. The minimum Gasteiger partial charge on any atom is -0.229 e. The van der Waals surface area contributed by atoms with Gasteiger partial charge in [-0.15, -0.1) is 11.8 Å². The van der Waals surface area contributed by atoms with Crippen LogP contribution in [-0.2, 0) is 9.78 Å². The van der Waals surface area contributed by atoms with Crippen molar-refractivity contribution in [2.24, 2.45) is 5.92 Å². The van der Waals surface area contributed by atoms with Gasteiger partial charge in [0, 0.05) is 10.6 Å². The van der Waals surface area contributed by atoms with Crippen molar-refractivity contribution in [3.8, 4) is 0 Å². The molecule has 3 rings (SSSR count). The molecule has 102 valence electrons. The van der Waals surface area contributed by atoms with E-state index in [1.54, 1.807) is 0 Å². The molecule has 0 aromatic heterocycles. The van der Waals surface area contributed by atoms with Crippen molar-refractivity contribution in [1.82, 2.24) is 0 Å². The topological polar surface area (TPSA) is 18.5 Å². The lowest BCUT2D eigenvalue weighted by Gasteiger charge is -2.46. The van der Waals surface area contributed by atoms with Crippen LogP contribution in [0.5, 0.6) is 0 Å². The van der Waals surface area contributed by atoms with Crippen LogP contribution in [0.3, 0.4) is 0 Å². The SMILES string of the molecule is C=C1CC[C@@H]2C[C@H]1OO[C@]2(C)CSc1ccccc1. The summed E-state index contributed by atoms with van der Waals surface area (Å²) in [6.07, 6.45) is 3.42. The maximum Gasteiger partial charge on any atom is 0.114 e. The molecule has 1 heterocycles. The van der Waals surface area contributed by atoms with Gasteiger partial charge in [0.2, 0.25) is 0 Å².